The van der Waals surface area contributed by atoms with Gasteiger partial charge in [0.2, 0.25) is 0 Å². The van der Waals surface area contributed by atoms with E-state index in [4.69, 9.17) is 0 Å². The minimum Gasteiger partial charge on any atom is -0.329 e. The van der Waals surface area contributed by atoms with Crippen molar-refractivity contribution in [1.29, 1.82) is 0 Å². The lowest BCUT2D eigenvalue weighted by Gasteiger charge is -1.93. The van der Waals surface area contributed by atoms with E-state index >= 15 is 0 Å². The molecule has 11 heavy (non-hydrogen) atoms. The number of nitrogens with one attached hydrogen (secondary N) is 1. The molecule has 0 atom stereocenters. The van der Waals surface area contributed by atoms with Gasteiger partial charge in [0, 0.05) is 11.1 Å². The van der Waals surface area contributed by atoms with E-state index in [1.807, 2.05) is 12.3 Å². The number of aromatic nitrogens is 3. The molecule has 0 spiro atoms. The zero-order chi connectivity index (χ0) is 7.68. The van der Waals surface area contributed by atoms with Gasteiger partial charge in [-0.05, 0) is 12.3 Å². The number of fused-ring (bicyclic) bond motifs is 1. The Labute approximate surface area is 68.2 Å². The van der Waals surface area contributed by atoms with Crippen molar-refractivity contribution < 1.29 is 0 Å². The van der Waals surface area contributed by atoms with Gasteiger partial charge >= 0.3 is 0 Å². The van der Waals surface area contributed by atoms with Crippen LogP contribution in [0.25, 0.3) is 11.2 Å². The lowest BCUT2D eigenvalue weighted by Crippen LogP contribution is -1.78. The predicted octanol–water partition coefficient (Wildman–Crippen LogP) is 1.68. The van der Waals surface area contributed by atoms with Gasteiger partial charge in [-0.3, -0.25) is 0 Å². The van der Waals surface area contributed by atoms with Gasteiger partial charge < -0.3 is 4.98 Å². The first-order valence-corrected chi connectivity index (χ1v) is 4.46. The lowest BCUT2D eigenvalue weighted by molar-refractivity contribution is 1.30. The van der Waals surface area contributed by atoms with Gasteiger partial charge in [0.05, 0.1) is 6.33 Å². The van der Waals surface area contributed by atoms with Crippen molar-refractivity contribution in [2.45, 2.75) is 4.90 Å². The minimum atomic E-state index is 0.858. The first-order chi connectivity index (χ1) is 5.42. The van der Waals surface area contributed by atoms with Gasteiger partial charge in [0.15, 0.2) is 5.65 Å². The first-order valence-electron chi connectivity index (χ1n) is 3.24. The summed E-state index contributed by atoms with van der Waals surface area (Å²) < 4.78 is 0. The molecule has 0 aromatic carbocycles. The molecule has 0 fully saturated rings. The molecule has 56 valence electrons. The van der Waals surface area contributed by atoms with E-state index in [0.29, 0.717) is 0 Å². The van der Waals surface area contributed by atoms with Gasteiger partial charge in [-0.1, -0.05) is 0 Å². The Morgan fingerprint density at radius 2 is 2.36 bits per heavy atom. The van der Waals surface area contributed by atoms with E-state index in [-0.39, 0.29) is 0 Å². The van der Waals surface area contributed by atoms with Crippen LogP contribution in [-0.4, -0.2) is 21.2 Å². The van der Waals surface area contributed by atoms with Crippen LogP contribution in [0.5, 0.6) is 0 Å². The maximum absolute atomic E-state index is 4.15. The molecule has 3 nitrogen and oxygen atoms in total. The summed E-state index contributed by atoms with van der Waals surface area (Å²) in [5.74, 6) is 0. The number of imidazole rings is 1. The van der Waals surface area contributed by atoms with Crippen LogP contribution in [0.2, 0.25) is 0 Å². The predicted molar refractivity (Wildman–Crippen MR) is 45.7 cm³/mol. The fourth-order valence-corrected chi connectivity index (χ4v) is 1.53. The molecule has 0 amide bonds. The minimum absolute atomic E-state index is 0.858. The molecule has 0 aliphatic heterocycles. The summed E-state index contributed by atoms with van der Waals surface area (Å²) in [5, 5.41) is 0. The summed E-state index contributed by atoms with van der Waals surface area (Å²) in [6, 6.07) is 1.97. The third kappa shape index (κ3) is 0.991. The second-order valence-electron chi connectivity index (χ2n) is 2.11. The molecular weight excluding hydrogens is 158 g/mol. The first kappa shape index (κ1) is 6.67. The Kier molecular flexibility index (Phi) is 1.54. The van der Waals surface area contributed by atoms with Gasteiger partial charge in [0.25, 0.3) is 0 Å². The Hall–Kier alpha value is -1.03. The molecule has 0 aliphatic rings. The van der Waals surface area contributed by atoms with Crippen LogP contribution < -0.4 is 0 Å². The second kappa shape index (κ2) is 2.54. The monoisotopic (exact) mass is 165 g/mol. The Morgan fingerprint density at radius 3 is 3.18 bits per heavy atom. The van der Waals surface area contributed by atoms with Gasteiger partial charge in [-0.15, -0.1) is 11.8 Å². The molecule has 1 N–H and O–H groups in total. The maximum atomic E-state index is 4.15. The summed E-state index contributed by atoms with van der Waals surface area (Å²) in [6.07, 6.45) is 5.48. The molecule has 0 saturated heterocycles. The van der Waals surface area contributed by atoms with Crippen LogP contribution in [0.3, 0.4) is 0 Å². The van der Waals surface area contributed by atoms with Crippen LogP contribution in [-0.2, 0) is 0 Å². The standard InChI is InChI=1S/C7H7N3S/c1-11-5-2-3-8-7-6(5)9-4-10-7/h2-4H,1H3,(H,8,9,10). The van der Waals surface area contributed by atoms with Crippen molar-refractivity contribution in [2.75, 3.05) is 6.26 Å². The van der Waals surface area contributed by atoms with E-state index in [9.17, 15) is 0 Å². The van der Waals surface area contributed by atoms with E-state index in [1.54, 1.807) is 24.3 Å². The molecule has 0 saturated carbocycles. The molecule has 2 aromatic rings. The Morgan fingerprint density at radius 1 is 1.45 bits per heavy atom. The number of rotatable bonds is 1. The molecule has 0 radical (unpaired) electrons. The van der Waals surface area contributed by atoms with E-state index in [2.05, 4.69) is 15.0 Å². The number of thioether (sulfide) groups is 1. The maximum Gasteiger partial charge on any atom is 0.158 e. The topological polar surface area (TPSA) is 41.6 Å². The fraction of sp³-hybridized carbons (Fsp3) is 0.143. The number of nitrogens with zero attached hydrogens (tertiary/aromatic N) is 2. The average Bonchev–Trinajstić information content (AvgIpc) is 2.50. The second-order valence-corrected chi connectivity index (χ2v) is 2.96. The lowest BCUT2D eigenvalue weighted by atomic mass is 10.4. The highest BCUT2D eigenvalue weighted by Gasteiger charge is 2.00. The zero-order valence-corrected chi connectivity index (χ0v) is 6.85. The average molecular weight is 165 g/mol. The van der Waals surface area contributed by atoms with Crippen molar-refractivity contribution in [3.05, 3.63) is 18.6 Å². The highest BCUT2D eigenvalue weighted by atomic mass is 32.2. The number of aromatic amines is 1. The van der Waals surface area contributed by atoms with Crippen LogP contribution in [0.4, 0.5) is 0 Å². The number of hydrogen-bond acceptors (Lipinski definition) is 3. The van der Waals surface area contributed by atoms with Gasteiger partial charge in [-0.25, -0.2) is 9.97 Å². The Bertz CT molecular complexity index is 368. The molecule has 0 aliphatic carbocycles. The normalized spacial score (nSPS) is 10.6. The van der Waals surface area contributed by atoms with Crippen molar-refractivity contribution in [2.24, 2.45) is 0 Å². The van der Waals surface area contributed by atoms with Gasteiger partial charge in [0.1, 0.15) is 5.52 Å². The van der Waals surface area contributed by atoms with Crippen molar-refractivity contribution >= 4 is 22.9 Å². The largest absolute Gasteiger partial charge is 0.329 e. The Balaban J connectivity index is 2.79. The summed E-state index contributed by atoms with van der Waals surface area (Å²) in [7, 11) is 0. The molecule has 2 heterocycles. The molecule has 0 unspecified atom stereocenters. The highest BCUT2D eigenvalue weighted by molar-refractivity contribution is 7.98. The van der Waals surface area contributed by atoms with E-state index in [1.165, 1.54) is 0 Å². The van der Waals surface area contributed by atoms with Crippen molar-refractivity contribution in [3.8, 4) is 0 Å². The number of pyridine rings is 1. The quantitative estimate of drug-likeness (QED) is 0.654. The molecule has 2 rings (SSSR count). The third-order valence-electron chi connectivity index (χ3n) is 1.50. The van der Waals surface area contributed by atoms with Crippen molar-refractivity contribution in [3.63, 3.8) is 0 Å². The number of H-pyrrole nitrogens is 1. The molecule has 2 aromatic heterocycles. The van der Waals surface area contributed by atoms with Gasteiger partial charge in [-0.2, -0.15) is 0 Å². The molecule has 0 bridgehead atoms. The SMILES string of the molecule is CSc1ccnc2[nH]cnc12. The highest BCUT2D eigenvalue weighted by Crippen LogP contribution is 2.20. The van der Waals surface area contributed by atoms with Crippen LogP contribution in [0.15, 0.2) is 23.5 Å². The summed E-state index contributed by atoms with van der Waals surface area (Å²) in [4.78, 5) is 12.4. The summed E-state index contributed by atoms with van der Waals surface area (Å²) in [5.41, 5.74) is 1.82. The fourth-order valence-electron chi connectivity index (χ4n) is 0.989. The third-order valence-corrected chi connectivity index (χ3v) is 2.27. The van der Waals surface area contributed by atoms with Crippen LogP contribution in [0, 0.1) is 0 Å². The van der Waals surface area contributed by atoms with Crippen LogP contribution in [0.1, 0.15) is 0 Å². The van der Waals surface area contributed by atoms with Crippen molar-refractivity contribution in [1.82, 2.24) is 15.0 Å². The molecule has 4 heteroatoms. The number of hydrogen-bond donors (Lipinski definition) is 1. The molecular formula is C7H7N3S. The smallest absolute Gasteiger partial charge is 0.158 e. The van der Waals surface area contributed by atoms with Crippen LogP contribution >= 0.6 is 11.8 Å². The zero-order valence-electron chi connectivity index (χ0n) is 6.03. The van der Waals surface area contributed by atoms with E-state index < -0.39 is 0 Å². The summed E-state index contributed by atoms with van der Waals surface area (Å²) >= 11 is 1.68. The van der Waals surface area contributed by atoms with E-state index in [0.717, 1.165) is 16.1 Å². The summed E-state index contributed by atoms with van der Waals surface area (Å²) in [6.45, 7) is 0.